The fraction of sp³-hybridized carbons (Fsp3) is 0.579. The first-order valence-electron chi connectivity index (χ1n) is 9.10. The van der Waals surface area contributed by atoms with Crippen LogP contribution in [0.2, 0.25) is 0 Å². The first-order chi connectivity index (χ1) is 12.1. The third kappa shape index (κ3) is 2.88. The lowest BCUT2D eigenvalue weighted by Gasteiger charge is -2.39. The molecule has 0 saturated carbocycles. The number of piperidine rings is 1. The van der Waals surface area contributed by atoms with Crippen molar-refractivity contribution in [2.45, 2.75) is 44.4 Å². The highest BCUT2D eigenvalue weighted by Gasteiger charge is 2.47. The van der Waals surface area contributed by atoms with Crippen molar-refractivity contribution in [2.75, 3.05) is 31.2 Å². The molecule has 25 heavy (non-hydrogen) atoms. The van der Waals surface area contributed by atoms with Crippen molar-refractivity contribution in [2.24, 2.45) is 0 Å². The third-order valence-electron chi connectivity index (χ3n) is 5.55. The predicted octanol–water partition coefficient (Wildman–Crippen LogP) is 1.72. The molecule has 134 valence electrons. The van der Waals surface area contributed by atoms with Gasteiger partial charge >= 0.3 is 0 Å². The van der Waals surface area contributed by atoms with Gasteiger partial charge in [0, 0.05) is 25.9 Å². The molecule has 2 amide bonds. The number of nitrogens with zero attached hydrogens (tertiary/aromatic N) is 2. The van der Waals surface area contributed by atoms with Crippen molar-refractivity contribution in [1.29, 1.82) is 0 Å². The highest BCUT2D eigenvalue weighted by Crippen LogP contribution is 2.35. The van der Waals surface area contributed by atoms with Crippen molar-refractivity contribution in [3.63, 3.8) is 0 Å². The van der Waals surface area contributed by atoms with Crippen molar-refractivity contribution >= 4 is 17.5 Å². The molecule has 0 aromatic heterocycles. The molecule has 3 saturated heterocycles. The molecule has 1 aromatic rings. The smallest absolute Gasteiger partial charge is 0.251 e. The first kappa shape index (κ1) is 16.7. The van der Waals surface area contributed by atoms with E-state index in [1.807, 2.05) is 31.2 Å². The third-order valence-corrected chi connectivity index (χ3v) is 5.55. The highest BCUT2D eigenvalue weighted by atomic mass is 16.7. The minimum Gasteiger partial charge on any atom is -0.347 e. The van der Waals surface area contributed by atoms with E-state index in [0.717, 1.165) is 30.5 Å². The average molecular weight is 344 g/mol. The Labute approximate surface area is 147 Å². The maximum absolute atomic E-state index is 13.0. The number of benzene rings is 1. The van der Waals surface area contributed by atoms with Gasteiger partial charge in [0.15, 0.2) is 5.79 Å². The first-order valence-corrected chi connectivity index (χ1v) is 9.10. The monoisotopic (exact) mass is 344 g/mol. The number of amides is 2. The van der Waals surface area contributed by atoms with Crippen LogP contribution < -0.4 is 4.90 Å². The number of carbonyl (C=O) groups is 2. The van der Waals surface area contributed by atoms with Gasteiger partial charge in [-0.15, -0.1) is 0 Å². The van der Waals surface area contributed by atoms with Crippen LogP contribution in [0.1, 0.15) is 31.7 Å². The molecular weight excluding hydrogens is 320 g/mol. The minimum absolute atomic E-state index is 0.102. The van der Waals surface area contributed by atoms with Crippen LogP contribution in [0, 0.1) is 0 Å². The zero-order chi connectivity index (χ0) is 17.4. The average Bonchev–Trinajstić information content (AvgIpc) is 3.20. The fourth-order valence-corrected chi connectivity index (χ4v) is 4.14. The molecule has 1 aromatic carbocycles. The number of ether oxygens (including phenoxy) is 2. The predicted molar refractivity (Wildman–Crippen MR) is 92.2 cm³/mol. The second-order valence-electron chi connectivity index (χ2n) is 6.91. The fourth-order valence-electron chi connectivity index (χ4n) is 4.14. The second kappa shape index (κ2) is 6.52. The van der Waals surface area contributed by atoms with E-state index in [1.165, 1.54) is 4.90 Å². The van der Waals surface area contributed by atoms with Gasteiger partial charge in [0.1, 0.15) is 0 Å². The number of aryl methyl sites for hydroxylation is 1. The van der Waals surface area contributed by atoms with Crippen molar-refractivity contribution in [1.82, 2.24) is 4.90 Å². The number of likely N-dealkylation sites (tertiary alicyclic amines) is 1. The molecule has 1 unspecified atom stereocenters. The quantitative estimate of drug-likeness (QED) is 0.782. The van der Waals surface area contributed by atoms with Gasteiger partial charge in [0.25, 0.3) is 5.91 Å². The number of hydrogen-bond donors (Lipinski definition) is 0. The Balaban J connectivity index is 1.50. The molecule has 1 spiro atoms. The summed E-state index contributed by atoms with van der Waals surface area (Å²) in [6, 6.07) is 7.29. The zero-order valence-corrected chi connectivity index (χ0v) is 14.6. The molecule has 3 aliphatic rings. The van der Waals surface area contributed by atoms with Crippen LogP contribution in [0.15, 0.2) is 24.3 Å². The number of para-hydroxylation sites is 1. The Kier molecular flexibility index (Phi) is 4.35. The summed E-state index contributed by atoms with van der Waals surface area (Å²) in [5, 5.41) is 0. The maximum atomic E-state index is 13.0. The van der Waals surface area contributed by atoms with E-state index >= 15 is 0 Å². The van der Waals surface area contributed by atoms with Gasteiger partial charge in [-0.2, -0.15) is 0 Å². The molecular formula is C19H24N2O4. The summed E-state index contributed by atoms with van der Waals surface area (Å²) in [5.41, 5.74) is 1.76. The lowest BCUT2D eigenvalue weighted by atomic mass is 10.0. The van der Waals surface area contributed by atoms with Crippen molar-refractivity contribution < 1.29 is 19.1 Å². The van der Waals surface area contributed by atoms with Crippen molar-refractivity contribution in [3.05, 3.63) is 29.8 Å². The lowest BCUT2D eigenvalue weighted by Crippen LogP contribution is -2.51. The summed E-state index contributed by atoms with van der Waals surface area (Å²) in [6.45, 7) is 4.75. The maximum Gasteiger partial charge on any atom is 0.251 e. The molecule has 0 bridgehead atoms. The van der Waals surface area contributed by atoms with E-state index in [4.69, 9.17) is 9.47 Å². The Bertz CT molecular complexity index is 674. The molecule has 0 N–H and O–H groups in total. The van der Waals surface area contributed by atoms with E-state index in [0.29, 0.717) is 26.3 Å². The van der Waals surface area contributed by atoms with Crippen LogP contribution in [-0.4, -0.2) is 54.8 Å². The van der Waals surface area contributed by atoms with Gasteiger partial charge in [-0.3, -0.25) is 14.5 Å². The summed E-state index contributed by atoms with van der Waals surface area (Å²) in [6.07, 6.45) is 2.54. The summed E-state index contributed by atoms with van der Waals surface area (Å²) < 4.78 is 11.5. The molecule has 0 aliphatic carbocycles. The Hall–Kier alpha value is -1.76. The number of imide groups is 1. The summed E-state index contributed by atoms with van der Waals surface area (Å²) in [5.74, 6) is -0.670. The molecule has 0 radical (unpaired) electrons. The van der Waals surface area contributed by atoms with Gasteiger partial charge in [0.2, 0.25) is 5.91 Å². The molecule has 3 aliphatic heterocycles. The van der Waals surface area contributed by atoms with Crippen LogP contribution in [0.25, 0.3) is 0 Å². The lowest BCUT2D eigenvalue weighted by molar-refractivity contribution is -0.188. The van der Waals surface area contributed by atoms with Gasteiger partial charge < -0.3 is 9.47 Å². The number of anilines is 1. The van der Waals surface area contributed by atoms with E-state index in [2.05, 4.69) is 4.90 Å². The van der Waals surface area contributed by atoms with Gasteiger partial charge in [-0.1, -0.05) is 25.1 Å². The largest absolute Gasteiger partial charge is 0.347 e. The van der Waals surface area contributed by atoms with Gasteiger partial charge in [-0.05, 0) is 18.1 Å². The number of rotatable bonds is 3. The van der Waals surface area contributed by atoms with Crippen LogP contribution in [0.3, 0.4) is 0 Å². The summed E-state index contributed by atoms with van der Waals surface area (Å²) in [4.78, 5) is 29.1. The van der Waals surface area contributed by atoms with E-state index in [9.17, 15) is 9.59 Å². The van der Waals surface area contributed by atoms with Crippen LogP contribution in [-0.2, 0) is 25.5 Å². The van der Waals surface area contributed by atoms with Crippen LogP contribution in [0.5, 0.6) is 0 Å². The van der Waals surface area contributed by atoms with Gasteiger partial charge in [-0.25, -0.2) is 4.90 Å². The Morgan fingerprint density at radius 2 is 1.80 bits per heavy atom. The zero-order valence-electron chi connectivity index (χ0n) is 14.6. The SMILES string of the molecule is CCc1ccccc1N1C(=O)CC(N2CCC3(CC2)OCCO3)C1=O. The molecule has 4 rings (SSSR count). The molecule has 1 atom stereocenters. The van der Waals surface area contributed by atoms with E-state index in [1.54, 1.807) is 0 Å². The highest BCUT2D eigenvalue weighted by molar-refractivity contribution is 6.22. The molecule has 3 fully saturated rings. The molecule has 6 nitrogen and oxygen atoms in total. The summed E-state index contributed by atoms with van der Waals surface area (Å²) in [7, 11) is 0. The van der Waals surface area contributed by atoms with Crippen LogP contribution >= 0.6 is 0 Å². The minimum atomic E-state index is -0.462. The van der Waals surface area contributed by atoms with Gasteiger partial charge in [0.05, 0.1) is 31.4 Å². The number of hydrogen-bond acceptors (Lipinski definition) is 5. The molecule has 3 heterocycles. The molecule has 6 heteroatoms. The standard InChI is InChI=1S/C19H24N2O4/c1-2-14-5-3-4-6-15(14)21-17(22)13-16(18(21)23)20-9-7-19(8-10-20)24-11-12-25-19/h3-6,16H,2,7-13H2,1H3. The Morgan fingerprint density at radius 3 is 2.48 bits per heavy atom. The van der Waals surface area contributed by atoms with E-state index < -0.39 is 5.79 Å². The topological polar surface area (TPSA) is 59.1 Å². The van der Waals surface area contributed by atoms with Crippen LogP contribution in [0.4, 0.5) is 5.69 Å². The summed E-state index contributed by atoms with van der Waals surface area (Å²) >= 11 is 0. The Morgan fingerprint density at radius 1 is 1.12 bits per heavy atom. The number of carbonyl (C=O) groups excluding carboxylic acids is 2. The normalized spacial score (nSPS) is 26.8. The van der Waals surface area contributed by atoms with E-state index in [-0.39, 0.29) is 24.3 Å². The second-order valence-corrected chi connectivity index (χ2v) is 6.91. The van der Waals surface area contributed by atoms with Crippen molar-refractivity contribution in [3.8, 4) is 0 Å².